The number of nitrogens with one attached hydrogen (secondary N) is 1. The molecule has 0 fully saturated rings. The van der Waals surface area contributed by atoms with E-state index in [-0.39, 0.29) is 17.8 Å². The van der Waals surface area contributed by atoms with E-state index in [0.717, 1.165) is 18.2 Å². The number of nitrogens with zero attached hydrogens (tertiary/aromatic N) is 1. The van der Waals surface area contributed by atoms with E-state index >= 15 is 0 Å². The summed E-state index contributed by atoms with van der Waals surface area (Å²) in [5, 5.41) is 12.9. The van der Waals surface area contributed by atoms with Crippen LogP contribution in [-0.2, 0) is 6.54 Å². The van der Waals surface area contributed by atoms with Gasteiger partial charge in [0.2, 0.25) is 5.82 Å². The van der Waals surface area contributed by atoms with Gasteiger partial charge in [-0.25, -0.2) is 13.2 Å². The zero-order valence-corrected chi connectivity index (χ0v) is 10.4. The number of nitro groups is 1. The Morgan fingerprint density at radius 1 is 1.00 bits per heavy atom. The van der Waals surface area contributed by atoms with Gasteiger partial charge in [-0.15, -0.1) is 0 Å². The number of hydrogen-bond donors (Lipinski definition) is 1. The van der Waals surface area contributed by atoms with Crippen molar-refractivity contribution in [2.75, 3.05) is 5.32 Å². The van der Waals surface area contributed by atoms with Crippen molar-refractivity contribution in [1.29, 1.82) is 0 Å². The molecule has 110 valence electrons. The summed E-state index contributed by atoms with van der Waals surface area (Å²) in [4.78, 5) is 9.55. The highest BCUT2D eigenvalue weighted by Gasteiger charge is 2.18. The average Bonchev–Trinajstić information content (AvgIpc) is 2.41. The summed E-state index contributed by atoms with van der Waals surface area (Å²) in [5.41, 5.74) is -1.40. The van der Waals surface area contributed by atoms with Gasteiger partial charge < -0.3 is 5.32 Å². The second-order valence-corrected chi connectivity index (χ2v) is 4.13. The monoisotopic (exact) mass is 300 g/mol. The lowest BCUT2D eigenvalue weighted by atomic mass is 10.2. The lowest BCUT2D eigenvalue weighted by Gasteiger charge is -2.09. The average molecular weight is 300 g/mol. The van der Waals surface area contributed by atoms with E-state index in [2.05, 4.69) is 5.32 Å². The van der Waals surface area contributed by atoms with Crippen molar-refractivity contribution in [2.24, 2.45) is 0 Å². The summed E-state index contributed by atoms with van der Waals surface area (Å²) in [7, 11) is 0. The quantitative estimate of drug-likeness (QED) is 0.531. The van der Waals surface area contributed by atoms with Crippen LogP contribution in [-0.4, -0.2) is 4.92 Å². The maximum atomic E-state index is 13.5. The molecule has 0 bridgehead atoms. The summed E-state index contributed by atoms with van der Waals surface area (Å²) in [6.45, 7) is -0.316. The van der Waals surface area contributed by atoms with Crippen LogP contribution >= 0.6 is 0 Å². The van der Waals surface area contributed by atoms with Gasteiger partial charge in [0.05, 0.1) is 10.6 Å². The zero-order chi connectivity index (χ0) is 15.6. The van der Waals surface area contributed by atoms with Gasteiger partial charge >= 0.3 is 5.69 Å². The Morgan fingerprint density at radius 2 is 1.71 bits per heavy atom. The Labute approximate surface area is 116 Å². The van der Waals surface area contributed by atoms with Crippen molar-refractivity contribution in [2.45, 2.75) is 6.54 Å². The standard InChI is InChI=1S/C13H8F4N2O2/c14-8-1-2-9(15)7(3-8)6-18-12-5-13(19(20)21)11(17)4-10(12)16/h1-5,18H,6H2. The molecule has 1 N–H and O–H groups in total. The molecule has 2 aromatic carbocycles. The highest BCUT2D eigenvalue weighted by Crippen LogP contribution is 2.25. The fourth-order valence-corrected chi connectivity index (χ4v) is 1.68. The Morgan fingerprint density at radius 3 is 2.38 bits per heavy atom. The molecule has 8 heteroatoms. The maximum absolute atomic E-state index is 13.5. The topological polar surface area (TPSA) is 55.2 Å². The third kappa shape index (κ3) is 3.28. The van der Waals surface area contributed by atoms with Crippen molar-refractivity contribution in [3.8, 4) is 0 Å². The Bertz CT molecular complexity index is 707. The molecule has 0 saturated carbocycles. The molecular weight excluding hydrogens is 292 g/mol. The molecule has 0 aliphatic heterocycles. The van der Waals surface area contributed by atoms with Gasteiger partial charge in [0.25, 0.3) is 0 Å². The molecule has 0 saturated heterocycles. The van der Waals surface area contributed by atoms with Crippen molar-refractivity contribution in [3.63, 3.8) is 0 Å². The first-order chi connectivity index (χ1) is 9.88. The number of rotatable bonds is 4. The van der Waals surface area contributed by atoms with Gasteiger partial charge in [-0.3, -0.25) is 10.1 Å². The van der Waals surface area contributed by atoms with Crippen LogP contribution in [0.3, 0.4) is 0 Å². The van der Waals surface area contributed by atoms with Crippen LogP contribution in [0.1, 0.15) is 5.56 Å². The van der Waals surface area contributed by atoms with Crippen molar-refractivity contribution < 1.29 is 22.5 Å². The van der Waals surface area contributed by atoms with E-state index in [1.807, 2.05) is 0 Å². The molecule has 2 rings (SSSR count). The zero-order valence-electron chi connectivity index (χ0n) is 10.4. The summed E-state index contributed by atoms with van der Waals surface area (Å²) < 4.78 is 53.0. The second-order valence-electron chi connectivity index (χ2n) is 4.13. The van der Waals surface area contributed by atoms with Crippen molar-refractivity contribution in [1.82, 2.24) is 0 Å². The lowest BCUT2D eigenvalue weighted by molar-refractivity contribution is -0.387. The SMILES string of the molecule is O=[N+]([O-])c1cc(NCc2cc(F)ccc2F)c(F)cc1F. The molecule has 0 aliphatic carbocycles. The fourth-order valence-electron chi connectivity index (χ4n) is 1.68. The minimum absolute atomic E-state index is 0.0959. The van der Waals surface area contributed by atoms with Crippen LogP contribution in [0.4, 0.5) is 28.9 Å². The summed E-state index contributed by atoms with van der Waals surface area (Å²) in [6.07, 6.45) is 0. The molecule has 0 unspecified atom stereocenters. The van der Waals surface area contributed by atoms with E-state index in [4.69, 9.17) is 0 Å². The third-order valence-corrected chi connectivity index (χ3v) is 2.71. The Hall–Kier alpha value is -2.64. The molecule has 0 heterocycles. The van der Waals surface area contributed by atoms with E-state index in [0.29, 0.717) is 12.1 Å². The van der Waals surface area contributed by atoms with Gasteiger partial charge in [0.15, 0.2) is 0 Å². The summed E-state index contributed by atoms with van der Waals surface area (Å²) in [6, 6.07) is 3.72. The van der Waals surface area contributed by atoms with Crippen LogP contribution in [0.25, 0.3) is 0 Å². The minimum Gasteiger partial charge on any atom is -0.378 e. The summed E-state index contributed by atoms with van der Waals surface area (Å²) >= 11 is 0. The number of halogens is 4. The molecule has 0 aliphatic rings. The predicted molar refractivity (Wildman–Crippen MR) is 66.7 cm³/mol. The molecule has 0 amide bonds. The van der Waals surface area contributed by atoms with Crippen LogP contribution in [0.15, 0.2) is 30.3 Å². The van der Waals surface area contributed by atoms with Gasteiger partial charge in [0, 0.05) is 24.2 Å². The van der Waals surface area contributed by atoms with E-state index in [1.165, 1.54) is 0 Å². The highest BCUT2D eigenvalue weighted by atomic mass is 19.1. The van der Waals surface area contributed by atoms with Gasteiger partial charge in [0.1, 0.15) is 17.5 Å². The lowest BCUT2D eigenvalue weighted by Crippen LogP contribution is -2.05. The number of hydrogen-bond acceptors (Lipinski definition) is 3. The Balaban J connectivity index is 2.25. The molecule has 0 spiro atoms. The van der Waals surface area contributed by atoms with Crippen LogP contribution in [0.2, 0.25) is 0 Å². The first kappa shape index (κ1) is 14.8. The first-order valence-corrected chi connectivity index (χ1v) is 5.69. The van der Waals surface area contributed by atoms with Gasteiger partial charge in [-0.1, -0.05) is 0 Å². The molecular formula is C13H8F4N2O2. The number of anilines is 1. The molecule has 2 aromatic rings. The van der Waals surface area contributed by atoms with E-state index < -0.39 is 33.9 Å². The van der Waals surface area contributed by atoms with Crippen molar-refractivity contribution >= 4 is 11.4 Å². The number of benzene rings is 2. The number of nitro benzene ring substituents is 1. The van der Waals surface area contributed by atoms with Crippen LogP contribution in [0.5, 0.6) is 0 Å². The molecule has 4 nitrogen and oxygen atoms in total. The van der Waals surface area contributed by atoms with Crippen LogP contribution < -0.4 is 5.32 Å². The normalized spacial score (nSPS) is 10.5. The van der Waals surface area contributed by atoms with Gasteiger partial charge in [-0.05, 0) is 18.2 Å². The molecule has 0 atom stereocenters. The van der Waals surface area contributed by atoms with Crippen molar-refractivity contribution in [3.05, 3.63) is 69.3 Å². The molecule has 21 heavy (non-hydrogen) atoms. The smallest absolute Gasteiger partial charge is 0.307 e. The van der Waals surface area contributed by atoms with E-state index in [9.17, 15) is 27.7 Å². The predicted octanol–water partition coefficient (Wildman–Crippen LogP) is 3.76. The third-order valence-electron chi connectivity index (χ3n) is 2.71. The summed E-state index contributed by atoms with van der Waals surface area (Å²) in [5.74, 6) is -3.80. The minimum atomic E-state index is -1.32. The molecule has 0 aromatic heterocycles. The second kappa shape index (κ2) is 5.78. The van der Waals surface area contributed by atoms with E-state index in [1.54, 1.807) is 0 Å². The maximum Gasteiger partial charge on any atom is 0.307 e. The fraction of sp³-hybridized carbons (Fsp3) is 0.0769. The Kier molecular flexibility index (Phi) is 4.06. The first-order valence-electron chi connectivity index (χ1n) is 5.69. The van der Waals surface area contributed by atoms with Crippen LogP contribution in [0, 0.1) is 33.4 Å². The highest BCUT2D eigenvalue weighted by molar-refractivity contribution is 5.53. The largest absolute Gasteiger partial charge is 0.378 e. The van der Waals surface area contributed by atoms with Gasteiger partial charge in [-0.2, -0.15) is 4.39 Å². The molecule has 0 radical (unpaired) electrons.